The van der Waals surface area contributed by atoms with Gasteiger partial charge in [-0.1, -0.05) is 0 Å². The fourth-order valence-corrected chi connectivity index (χ4v) is 4.98. The number of carboxylic acids is 2. The molecular weight excluding hydrogens is 360 g/mol. The first kappa shape index (κ1) is 21.4. The van der Waals surface area contributed by atoms with Crippen LogP contribution in [0.4, 0.5) is 0 Å². The Morgan fingerprint density at radius 1 is 1.35 bits per heavy atom. The molecule has 9 nitrogen and oxygen atoms in total. The summed E-state index contributed by atoms with van der Waals surface area (Å²) >= 11 is 1.83. The molecule has 0 radical (unpaired) electrons. The van der Waals surface area contributed by atoms with E-state index in [1.54, 1.807) is 0 Å². The number of hydrogen-bond donors (Lipinski definition) is 6. The quantitative estimate of drug-likeness (QED) is 0.295. The molecule has 6 atom stereocenters. The van der Waals surface area contributed by atoms with Crippen molar-refractivity contribution in [3.63, 3.8) is 0 Å². The van der Waals surface area contributed by atoms with E-state index in [0.29, 0.717) is 17.8 Å². The summed E-state index contributed by atoms with van der Waals surface area (Å²) in [6.07, 6.45) is 0.0229. The standard InChI is InChI=1S/C16H30N4O5S/c1-9-13(3-4-21)26-8-20(9)7-11-6-17-10(2)18-15(11)19-12(16(24)25)5-14(22)23/h9-13,15,17-19,21H,3-8H2,1-2H3,(H,22,23)(H,24,25)/t9?,10?,11?,12-,13?,15?/m0/s1. The van der Waals surface area contributed by atoms with Crippen LogP contribution in [-0.2, 0) is 9.59 Å². The monoisotopic (exact) mass is 390 g/mol. The number of aliphatic hydroxyl groups is 1. The van der Waals surface area contributed by atoms with Crippen molar-refractivity contribution in [2.45, 2.75) is 56.4 Å². The highest BCUT2D eigenvalue weighted by Gasteiger charge is 2.37. The van der Waals surface area contributed by atoms with Crippen molar-refractivity contribution >= 4 is 23.7 Å². The molecule has 0 aromatic carbocycles. The van der Waals surface area contributed by atoms with E-state index in [0.717, 1.165) is 18.8 Å². The maximum Gasteiger partial charge on any atom is 0.321 e. The van der Waals surface area contributed by atoms with Crippen LogP contribution in [0, 0.1) is 5.92 Å². The van der Waals surface area contributed by atoms with Gasteiger partial charge in [-0.3, -0.25) is 25.1 Å². The van der Waals surface area contributed by atoms with Crippen LogP contribution in [-0.4, -0.2) is 87.4 Å². The van der Waals surface area contributed by atoms with E-state index in [9.17, 15) is 19.8 Å². The van der Waals surface area contributed by atoms with Gasteiger partial charge in [0.15, 0.2) is 0 Å². The lowest BCUT2D eigenvalue weighted by Gasteiger charge is -2.41. The lowest BCUT2D eigenvalue weighted by Crippen LogP contribution is -2.66. The number of aliphatic carboxylic acids is 2. The van der Waals surface area contributed by atoms with E-state index in [-0.39, 0.29) is 24.9 Å². The van der Waals surface area contributed by atoms with Crippen LogP contribution in [0.1, 0.15) is 26.7 Å². The molecule has 0 saturated carbocycles. The third kappa shape index (κ3) is 5.80. The third-order valence-electron chi connectivity index (χ3n) is 5.10. The Balaban J connectivity index is 2.00. The van der Waals surface area contributed by atoms with Gasteiger partial charge in [0.25, 0.3) is 0 Å². The van der Waals surface area contributed by atoms with Crippen LogP contribution in [0.5, 0.6) is 0 Å². The van der Waals surface area contributed by atoms with Crippen molar-refractivity contribution in [2.24, 2.45) is 5.92 Å². The lowest BCUT2D eigenvalue weighted by molar-refractivity contribution is -0.146. The van der Waals surface area contributed by atoms with E-state index in [4.69, 9.17) is 5.11 Å². The fraction of sp³-hybridized carbons (Fsp3) is 0.875. The Hall–Kier alpha value is -0.910. The number of carboxylic acid groups (broad SMARTS) is 2. The summed E-state index contributed by atoms with van der Waals surface area (Å²) in [5.74, 6) is -1.33. The van der Waals surface area contributed by atoms with Gasteiger partial charge in [-0.2, -0.15) is 0 Å². The van der Waals surface area contributed by atoms with Gasteiger partial charge in [0, 0.05) is 42.8 Å². The summed E-state index contributed by atoms with van der Waals surface area (Å²) in [5.41, 5.74) is 0. The highest BCUT2D eigenvalue weighted by molar-refractivity contribution is 8.00. The SMILES string of the molecule is CC1NCC(CN2CSC(CCO)C2C)C(N[C@@H](CC(=O)O)C(=O)O)N1. The number of nitrogens with one attached hydrogen (secondary N) is 3. The second-order valence-corrected chi connectivity index (χ2v) is 8.25. The van der Waals surface area contributed by atoms with Gasteiger partial charge >= 0.3 is 11.9 Å². The molecule has 2 aliphatic heterocycles. The summed E-state index contributed by atoms with van der Waals surface area (Å²) in [5, 5.41) is 37.5. The summed E-state index contributed by atoms with van der Waals surface area (Å²) < 4.78 is 0. The molecule has 0 aliphatic carbocycles. The van der Waals surface area contributed by atoms with Crippen LogP contribution in [0.15, 0.2) is 0 Å². The molecule has 2 saturated heterocycles. The first-order valence-corrected chi connectivity index (χ1v) is 10.0. The second-order valence-electron chi connectivity index (χ2n) is 7.05. The van der Waals surface area contributed by atoms with Gasteiger partial charge in [0.05, 0.1) is 18.8 Å². The smallest absolute Gasteiger partial charge is 0.321 e. The average Bonchev–Trinajstić information content (AvgIpc) is 2.90. The van der Waals surface area contributed by atoms with Gasteiger partial charge in [0.1, 0.15) is 6.04 Å². The van der Waals surface area contributed by atoms with Crippen molar-refractivity contribution in [2.75, 3.05) is 25.6 Å². The van der Waals surface area contributed by atoms with Crippen LogP contribution >= 0.6 is 11.8 Å². The molecule has 26 heavy (non-hydrogen) atoms. The largest absolute Gasteiger partial charge is 0.481 e. The molecule has 2 heterocycles. The zero-order valence-electron chi connectivity index (χ0n) is 15.2. The number of rotatable bonds is 9. The highest BCUT2D eigenvalue weighted by Crippen LogP contribution is 2.32. The first-order chi connectivity index (χ1) is 12.3. The first-order valence-electron chi connectivity index (χ1n) is 8.98. The Morgan fingerprint density at radius 2 is 2.08 bits per heavy atom. The normalized spacial score (nSPS) is 33.9. The van der Waals surface area contributed by atoms with Crippen LogP contribution in [0.2, 0.25) is 0 Å². The van der Waals surface area contributed by atoms with E-state index >= 15 is 0 Å². The minimum absolute atomic E-state index is 0.00976. The van der Waals surface area contributed by atoms with Gasteiger partial charge < -0.3 is 20.6 Å². The molecule has 5 unspecified atom stereocenters. The Bertz CT molecular complexity index is 497. The van der Waals surface area contributed by atoms with Gasteiger partial charge in [0.2, 0.25) is 0 Å². The van der Waals surface area contributed by atoms with Crippen LogP contribution < -0.4 is 16.0 Å². The zero-order chi connectivity index (χ0) is 19.3. The molecule has 10 heteroatoms. The summed E-state index contributed by atoms with van der Waals surface area (Å²) in [7, 11) is 0. The summed E-state index contributed by atoms with van der Waals surface area (Å²) in [6.45, 7) is 5.76. The highest BCUT2D eigenvalue weighted by atomic mass is 32.2. The number of hydrogen-bond acceptors (Lipinski definition) is 8. The molecule has 150 valence electrons. The van der Waals surface area contributed by atoms with E-state index in [2.05, 4.69) is 27.8 Å². The number of thioether (sulfide) groups is 1. The Labute approximate surface area is 157 Å². The van der Waals surface area contributed by atoms with Gasteiger partial charge in [-0.25, -0.2) is 0 Å². The average molecular weight is 391 g/mol. The maximum absolute atomic E-state index is 11.4. The van der Waals surface area contributed by atoms with Crippen LogP contribution in [0.3, 0.4) is 0 Å². The molecule has 2 aliphatic rings. The Kier molecular flexibility index (Phi) is 8.11. The molecule has 2 rings (SSSR count). The van der Waals surface area contributed by atoms with Crippen molar-refractivity contribution in [3.05, 3.63) is 0 Å². The van der Waals surface area contributed by atoms with Crippen molar-refractivity contribution in [1.82, 2.24) is 20.9 Å². The molecule has 0 amide bonds. The molecule has 0 bridgehead atoms. The van der Waals surface area contributed by atoms with E-state index in [1.807, 2.05) is 18.7 Å². The van der Waals surface area contributed by atoms with E-state index < -0.39 is 24.4 Å². The van der Waals surface area contributed by atoms with E-state index in [1.165, 1.54) is 0 Å². The lowest BCUT2D eigenvalue weighted by atomic mass is 9.99. The molecule has 0 aromatic heterocycles. The third-order valence-corrected chi connectivity index (χ3v) is 6.63. The van der Waals surface area contributed by atoms with Crippen molar-refractivity contribution < 1.29 is 24.9 Å². The zero-order valence-corrected chi connectivity index (χ0v) is 16.0. The number of carbonyl (C=O) groups is 2. The predicted octanol–water partition coefficient (Wildman–Crippen LogP) is -0.869. The van der Waals surface area contributed by atoms with Gasteiger partial charge in [-0.15, -0.1) is 11.8 Å². The molecule has 2 fully saturated rings. The fourth-order valence-electron chi connectivity index (χ4n) is 3.53. The molecule has 0 aromatic rings. The van der Waals surface area contributed by atoms with Crippen molar-refractivity contribution in [1.29, 1.82) is 0 Å². The predicted molar refractivity (Wildman–Crippen MR) is 98.8 cm³/mol. The van der Waals surface area contributed by atoms with Gasteiger partial charge in [-0.05, 0) is 20.3 Å². The summed E-state index contributed by atoms with van der Waals surface area (Å²) in [6, 6.07) is -0.799. The maximum atomic E-state index is 11.4. The number of nitrogens with zero attached hydrogens (tertiary/aromatic N) is 1. The molecule has 0 spiro atoms. The minimum atomic E-state index is -1.16. The second kappa shape index (κ2) is 9.86. The molecular formula is C16H30N4O5S. The minimum Gasteiger partial charge on any atom is -0.481 e. The summed E-state index contributed by atoms with van der Waals surface area (Å²) in [4.78, 5) is 24.7. The topological polar surface area (TPSA) is 134 Å². The Morgan fingerprint density at radius 3 is 2.69 bits per heavy atom. The van der Waals surface area contributed by atoms with Crippen molar-refractivity contribution in [3.8, 4) is 0 Å². The number of aliphatic hydroxyl groups excluding tert-OH is 1. The molecule has 6 N–H and O–H groups in total. The van der Waals surface area contributed by atoms with Crippen LogP contribution in [0.25, 0.3) is 0 Å².